The van der Waals surface area contributed by atoms with Gasteiger partial charge in [0.05, 0.1) is 35.4 Å². The van der Waals surface area contributed by atoms with Crippen molar-refractivity contribution in [1.82, 2.24) is 48.7 Å². The number of carboxylic acid groups (broad SMARTS) is 1. The van der Waals surface area contributed by atoms with E-state index in [2.05, 4.69) is 85.4 Å². The van der Waals surface area contributed by atoms with Crippen molar-refractivity contribution in [1.29, 1.82) is 5.26 Å². The number of hydrogen-bond donors (Lipinski definition) is 2. The molecule has 0 spiro atoms. The molecule has 8 rings (SSSR count). The first-order chi connectivity index (χ1) is 24.6. The lowest BCUT2D eigenvalue weighted by atomic mass is 9.93. The lowest BCUT2D eigenvalue weighted by Gasteiger charge is -2.16. The van der Waals surface area contributed by atoms with Gasteiger partial charge in [-0.15, -0.1) is 20.4 Å². The van der Waals surface area contributed by atoms with Crippen molar-refractivity contribution in [3.05, 3.63) is 48.6 Å². The summed E-state index contributed by atoms with van der Waals surface area (Å²) in [6.45, 7) is 12.7. The van der Waals surface area contributed by atoms with Crippen LogP contribution in [0.3, 0.4) is 0 Å². The second kappa shape index (κ2) is 14.1. The molecule has 2 saturated carbocycles. The van der Waals surface area contributed by atoms with E-state index in [-0.39, 0.29) is 23.7 Å². The molecule has 0 unspecified atom stereocenters. The van der Waals surface area contributed by atoms with Gasteiger partial charge in [0.1, 0.15) is 18.4 Å². The van der Waals surface area contributed by atoms with E-state index >= 15 is 0 Å². The van der Waals surface area contributed by atoms with E-state index in [4.69, 9.17) is 4.74 Å². The summed E-state index contributed by atoms with van der Waals surface area (Å²) in [5.41, 5.74) is 5.08. The van der Waals surface area contributed by atoms with Gasteiger partial charge in [-0.3, -0.25) is 13.6 Å². The number of nitriles is 1. The van der Waals surface area contributed by atoms with Gasteiger partial charge in [-0.05, 0) is 55.7 Å². The highest BCUT2D eigenvalue weighted by Crippen LogP contribution is 2.45. The lowest BCUT2D eigenvalue weighted by molar-refractivity contribution is -0.141. The standard InChI is InChI=1S/C21H30N6OSi.C15H17N5O2/c1-5-16-10-15(12-22)11-17(16)20-25-24-19-13-23-21-18(27(19)20)6-7-26(21)14-28-8-9-29(2,3)4;1-2-8-5-9(15(21)22)6-10(8)14-19-18-12-7-17-13-11(20(12)14)3-4-16-13/h6-7,13,15-17H,5,8-11,14H2,1-4H3;3-4,7-10,16H,2,5-6H2,1H3,(H,21,22)/t15-,16-,17+;8-,9-,10+/m11/s1. The molecule has 51 heavy (non-hydrogen) atoms. The van der Waals surface area contributed by atoms with Gasteiger partial charge in [0, 0.05) is 44.8 Å². The maximum absolute atomic E-state index is 11.4. The fourth-order valence-corrected chi connectivity index (χ4v) is 8.90. The second-order valence-corrected chi connectivity index (χ2v) is 21.0. The third-order valence-corrected chi connectivity index (χ3v) is 12.7. The minimum absolute atomic E-state index is 0.110. The summed E-state index contributed by atoms with van der Waals surface area (Å²) in [4.78, 5) is 23.4. The first kappa shape index (κ1) is 34.8. The Morgan fingerprint density at radius 3 is 2.27 bits per heavy atom. The van der Waals surface area contributed by atoms with E-state index in [0.29, 0.717) is 37.1 Å². The number of carboxylic acids is 1. The number of fused-ring (bicyclic) bond motifs is 6. The molecule has 2 N–H and O–H groups in total. The number of aromatic amines is 1. The van der Waals surface area contributed by atoms with Gasteiger partial charge in [0.15, 0.2) is 22.6 Å². The highest BCUT2D eigenvalue weighted by atomic mass is 28.3. The normalized spacial score (nSPS) is 23.7. The van der Waals surface area contributed by atoms with Crippen LogP contribution in [-0.2, 0) is 16.3 Å². The Morgan fingerprint density at radius 2 is 1.61 bits per heavy atom. The summed E-state index contributed by atoms with van der Waals surface area (Å²) in [5.74, 6) is 2.14. The molecule has 2 fully saturated rings. The number of carbonyl (C=O) groups is 1. The fraction of sp³-hybridized carbons (Fsp3) is 0.556. The van der Waals surface area contributed by atoms with Gasteiger partial charge >= 0.3 is 5.97 Å². The zero-order valence-electron chi connectivity index (χ0n) is 30.0. The maximum atomic E-state index is 11.4. The van der Waals surface area contributed by atoms with E-state index in [1.54, 1.807) is 12.4 Å². The summed E-state index contributed by atoms with van der Waals surface area (Å²) in [5, 5.41) is 36.3. The summed E-state index contributed by atoms with van der Waals surface area (Å²) < 4.78 is 12.1. The summed E-state index contributed by atoms with van der Waals surface area (Å²) in [7, 11) is -1.10. The molecular formula is C36H47N11O3Si. The molecule has 2 aliphatic carbocycles. The van der Waals surface area contributed by atoms with E-state index in [1.807, 2.05) is 27.4 Å². The molecule has 6 atom stereocenters. The second-order valence-electron chi connectivity index (χ2n) is 15.4. The minimum Gasteiger partial charge on any atom is -0.481 e. The van der Waals surface area contributed by atoms with Gasteiger partial charge in [-0.25, -0.2) is 9.97 Å². The van der Waals surface area contributed by atoms with Crippen LogP contribution in [0, 0.1) is 35.0 Å². The molecule has 0 saturated heterocycles. The topological polar surface area (TPSA) is 177 Å². The average Bonchev–Trinajstić information content (AvgIpc) is 3.95. The predicted molar refractivity (Wildman–Crippen MR) is 195 cm³/mol. The predicted octanol–water partition coefficient (Wildman–Crippen LogP) is 6.64. The van der Waals surface area contributed by atoms with Gasteiger partial charge < -0.3 is 19.4 Å². The minimum atomic E-state index is -1.10. The zero-order valence-corrected chi connectivity index (χ0v) is 31.0. The number of aliphatic carboxylic acids is 1. The molecule has 268 valence electrons. The Hall–Kier alpha value is -4.68. The van der Waals surface area contributed by atoms with Crippen LogP contribution in [0.2, 0.25) is 25.7 Å². The van der Waals surface area contributed by atoms with Crippen LogP contribution in [0.4, 0.5) is 0 Å². The first-order valence-electron chi connectivity index (χ1n) is 18.2. The fourth-order valence-electron chi connectivity index (χ4n) is 8.14. The van der Waals surface area contributed by atoms with Crippen molar-refractivity contribution in [3.63, 3.8) is 0 Å². The Balaban J connectivity index is 0.000000165. The quantitative estimate of drug-likeness (QED) is 0.116. The first-order valence-corrected chi connectivity index (χ1v) is 21.9. The average molecular weight is 710 g/mol. The van der Waals surface area contributed by atoms with Gasteiger partial charge in [-0.1, -0.05) is 46.3 Å². The van der Waals surface area contributed by atoms with Crippen LogP contribution in [0.15, 0.2) is 36.9 Å². The van der Waals surface area contributed by atoms with Crippen LogP contribution >= 0.6 is 0 Å². The molecule has 6 heterocycles. The molecule has 6 aromatic heterocycles. The van der Waals surface area contributed by atoms with Crippen LogP contribution in [-0.4, -0.2) is 74.5 Å². The van der Waals surface area contributed by atoms with Crippen LogP contribution < -0.4 is 0 Å². The lowest BCUT2D eigenvalue weighted by Crippen LogP contribution is -2.22. The van der Waals surface area contributed by atoms with E-state index in [9.17, 15) is 15.2 Å². The summed E-state index contributed by atoms with van der Waals surface area (Å²) in [6.07, 6.45) is 12.5. The monoisotopic (exact) mass is 709 g/mol. The Bertz CT molecular complexity index is 2210. The molecule has 14 nitrogen and oxygen atoms in total. The van der Waals surface area contributed by atoms with Crippen LogP contribution in [0.5, 0.6) is 0 Å². The maximum Gasteiger partial charge on any atom is 0.306 e. The molecule has 15 heteroatoms. The highest BCUT2D eigenvalue weighted by Gasteiger charge is 2.40. The van der Waals surface area contributed by atoms with E-state index in [1.165, 1.54) is 0 Å². The Kier molecular flexibility index (Phi) is 9.64. The number of ether oxygens (including phenoxy) is 1. The Labute approximate surface area is 297 Å². The number of rotatable bonds is 10. The van der Waals surface area contributed by atoms with Crippen LogP contribution in [0.25, 0.3) is 33.6 Å². The number of aromatic nitrogens is 10. The van der Waals surface area contributed by atoms with E-state index < -0.39 is 14.0 Å². The Morgan fingerprint density at radius 1 is 0.941 bits per heavy atom. The van der Waals surface area contributed by atoms with Gasteiger partial charge in [0.2, 0.25) is 0 Å². The number of nitrogens with zero attached hydrogens (tertiary/aromatic N) is 10. The third-order valence-electron chi connectivity index (χ3n) is 11.0. The number of nitrogens with one attached hydrogen (secondary N) is 1. The van der Waals surface area contributed by atoms with Crippen molar-refractivity contribution in [2.75, 3.05) is 6.61 Å². The smallest absolute Gasteiger partial charge is 0.306 e. The molecule has 6 aromatic rings. The van der Waals surface area contributed by atoms with Gasteiger partial charge in [-0.2, -0.15) is 5.26 Å². The van der Waals surface area contributed by atoms with Crippen molar-refractivity contribution < 1.29 is 14.6 Å². The molecule has 2 aliphatic rings. The largest absolute Gasteiger partial charge is 0.481 e. The van der Waals surface area contributed by atoms with Crippen molar-refractivity contribution in [3.8, 4) is 6.07 Å². The number of hydrogen-bond acceptors (Lipinski definition) is 9. The SMILES string of the molecule is CC[C@@H]1C[C@@H](C#N)C[C@@H]1c1nnc2cnc3c(ccn3COCC[Si](C)(C)C)n12.CC[C@@H]1C[C@@H](C(=O)O)C[C@@H]1c1nnc2cnc3[nH]ccc3n12. The van der Waals surface area contributed by atoms with Crippen molar-refractivity contribution in [2.45, 2.75) is 96.6 Å². The van der Waals surface area contributed by atoms with Gasteiger partial charge in [0.25, 0.3) is 0 Å². The molecule has 0 bridgehead atoms. The highest BCUT2D eigenvalue weighted by molar-refractivity contribution is 6.76. The molecule has 0 radical (unpaired) electrons. The number of H-pyrrole nitrogens is 1. The van der Waals surface area contributed by atoms with Crippen LogP contribution in [0.1, 0.15) is 75.9 Å². The summed E-state index contributed by atoms with van der Waals surface area (Å²) in [6, 6.07) is 7.64. The third kappa shape index (κ3) is 6.74. The van der Waals surface area contributed by atoms with Crippen molar-refractivity contribution >= 4 is 47.7 Å². The van der Waals surface area contributed by atoms with Crippen molar-refractivity contribution in [2.24, 2.45) is 23.7 Å². The molecular weight excluding hydrogens is 663 g/mol. The molecule has 0 aliphatic heterocycles. The summed E-state index contributed by atoms with van der Waals surface area (Å²) >= 11 is 0. The molecule has 0 aromatic carbocycles. The molecule has 0 amide bonds. The zero-order chi connectivity index (χ0) is 35.9. The van der Waals surface area contributed by atoms with E-state index in [0.717, 1.165) is 78.0 Å².